The Hall–Kier alpha value is -5.46. The van der Waals surface area contributed by atoms with Crippen molar-refractivity contribution >= 4 is 0 Å². The third kappa shape index (κ3) is 6.64. The lowest BCUT2D eigenvalue weighted by molar-refractivity contribution is 0.643. The molecule has 0 N–H and O–H groups in total. The molecule has 0 fully saturated rings. The van der Waals surface area contributed by atoms with Crippen molar-refractivity contribution in [2.45, 2.75) is 78.6 Å². The summed E-state index contributed by atoms with van der Waals surface area (Å²) in [5.41, 5.74) is 17.7. The van der Waals surface area contributed by atoms with Gasteiger partial charge in [0, 0.05) is 16.2 Å². The normalized spacial score (nSPS) is 12.2. The van der Waals surface area contributed by atoms with Crippen molar-refractivity contribution in [2.24, 2.45) is 0 Å². The maximum Gasteiger partial charge on any atom is 0.0423 e. The maximum atomic E-state index is 2.52. The average Bonchev–Trinajstić information content (AvgIpc) is 3.18. The van der Waals surface area contributed by atoms with E-state index in [9.17, 15) is 0 Å². The van der Waals surface area contributed by atoms with Crippen LogP contribution in [0.2, 0.25) is 0 Å². The standard InChI is InChI=1S/C54H54/c1-37-10-22-43(23-11-37)52(7,44-24-12-38(2)13-25-44)49-34-50(53(8,45-26-14-39(3)15-27-45)46-28-16-40(4)17-29-46)36-51(35-49)54(9,47-30-18-41(5)19-31-47)48-32-20-42(6)21-33-48/h10-36H,1-9H3. The summed E-state index contributed by atoms with van der Waals surface area (Å²) in [5, 5.41) is 0. The van der Waals surface area contributed by atoms with Crippen molar-refractivity contribution in [1.29, 1.82) is 0 Å². The Morgan fingerprint density at radius 2 is 0.333 bits per heavy atom. The van der Waals surface area contributed by atoms with Crippen LogP contribution in [0.5, 0.6) is 0 Å². The van der Waals surface area contributed by atoms with Gasteiger partial charge in [-0.15, -0.1) is 0 Å². The molecule has 0 atom stereocenters. The number of rotatable bonds is 9. The zero-order valence-corrected chi connectivity index (χ0v) is 33.6. The number of aryl methyl sites for hydroxylation is 6. The van der Waals surface area contributed by atoms with Gasteiger partial charge in [-0.3, -0.25) is 0 Å². The molecule has 7 aromatic rings. The van der Waals surface area contributed by atoms with E-state index in [1.165, 1.54) is 83.5 Å². The Bertz CT molecular complexity index is 1930. The fourth-order valence-electron chi connectivity index (χ4n) is 8.31. The minimum Gasteiger partial charge on any atom is -0.0590 e. The molecule has 0 spiro atoms. The van der Waals surface area contributed by atoms with Gasteiger partial charge in [-0.1, -0.05) is 197 Å². The van der Waals surface area contributed by atoms with Crippen LogP contribution >= 0.6 is 0 Å². The lowest BCUT2D eigenvalue weighted by Gasteiger charge is -2.39. The van der Waals surface area contributed by atoms with E-state index in [1.54, 1.807) is 0 Å². The van der Waals surface area contributed by atoms with Crippen molar-refractivity contribution in [3.63, 3.8) is 0 Å². The Kier molecular flexibility index (Phi) is 9.84. The summed E-state index contributed by atoms with van der Waals surface area (Å²) in [6.07, 6.45) is 0. The van der Waals surface area contributed by atoms with Crippen LogP contribution in [0.1, 0.15) is 104 Å². The molecule has 0 aliphatic carbocycles. The summed E-state index contributed by atoms with van der Waals surface area (Å²) in [4.78, 5) is 0. The van der Waals surface area contributed by atoms with Crippen LogP contribution in [0, 0.1) is 41.5 Å². The second kappa shape index (κ2) is 14.4. The lowest BCUT2D eigenvalue weighted by Crippen LogP contribution is -2.32. The van der Waals surface area contributed by atoms with Gasteiger partial charge < -0.3 is 0 Å². The summed E-state index contributed by atoms with van der Waals surface area (Å²) >= 11 is 0. The summed E-state index contributed by atoms with van der Waals surface area (Å²) in [6, 6.07) is 62.7. The molecule has 270 valence electrons. The van der Waals surface area contributed by atoms with Gasteiger partial charge in [0.25, 0.3) is 0 Å². The second-order valence-corrected chi connectivity index (χ2v) is 16.4. The lowest BCUT2D eigenvalue weighted by atomic mass is 9.63. The predicted octanol–water partition coefficient (Wildman–Crippen LogP) is 13.6. The van der Waals surface area contributed by atoms with Gasteiger partial charge >= 0.3 is 0 Å². The van der Waals surface area contributed by atoms with Gasteiger partial charge in [-0.25, -0.2) is 0 Å². The van der Waals surface area contributed by atoms with Gasteiger partial charge in [0.15, 0.2) is 0 Å². The Balaban J connectivity index is 1.63. The zero-order chi connectivity index (χ0) is 38.3. The Morgan fingerprint density at radius 1 is 0.204 bits per heavy atom. The van der Waals surface area contributed by atoms with E-state index < -0.39 is 16.2 Å². The van der Waals surface area contributed by atoms with Crippen molar-refractivity contribution in [3.05, 3.63) is 247 Å². The highest BCUT2D eigenvalue weighted by atomic mass is 14.4. The highest BCUT2D eigenvalue weighted by Gasteiger charge is 2.40. The molecule has 0 amide bonds. The van der Waals surface area contributed by atoms with Gasteiger partial charge in [0.1, 0.15) is 0 Å². The average molecular weight is 703 g/mol. The van der Waals surface area contributed by atoms with Crippen LogP contribution in [-0.4, -0.2) is 0 Å². The topological polar surface area (TPSA) is 0 Å². The molecule has 0 radical (unpaired) electrons. The fourth-order valence-corrected chi connectivity index (χ4v) is 8.31. The van der Waals surface area contributed by atoms with E-state index in [2.05, 4.69) is 226 Å². The molecular formula is C54H54. The molecule has 0 bridgehead atoms. The molecule has 0 unspecified atom stereocenters. The quantitative estimate of drug-likeness (QED) is 0.131. The molecule has 7 aromatic carbocycles. The first kappa shape index (κ1) is 36.9. The van der Waals surface area contributed by atoms with Crippen LogP contribution in [0.25, 0.3) is 0 Å². The molecule has 0 heteroatoms. The largest absolute Gasteiger partial charge is 0.0590 e. The summed E-state index contributed by atoms with van der Waals surface area (Å²) in [5.74, 6) is 0. The predicted molar refractivity (Wildman–Crippen MR) is 230 cm³/mol. The number of hydrogen-bond acceptors (Lipinski definition) is 0. The minimum atomic E-state index is -0.449. The molecule has 7 rings (SSSR count). The van der Waals surface area contributed by atoms with Crippen molar-refractivity contribution < 1.29 is 0 Å². The van der Waals surface area contributed by atoms with E-state index in [4.69, 9.17) is 0 Å². The van der Waals surface area contributed by atoms with Crippen LogP contribution in [0.15, 0.2) is 164 Å². The Morgan fingerprint density at radius 3 is 0.463 bits per heavy atom. The molecular weight excluding hydrogens is 649 g/mol. The molecule has 0 aromatic heterocycles. The van der Waals surface area contributed by atoms with Gasteiger partial charge in [0.2, 0.25) is 0 Å². The number of hydrogen-bond donors (Lipinski definition) is 0. The molecule has 54 heavy (non-hydrogen) atoms. The Labute approximate surface area is 324 Å². The SMILES string of the molecule is Cc1ccc(C(C)(c2ccc(C)cc2)c2cc(C(C)(c3ccc(C)cc3)c3ccc(C)cc3)cc(C(C)(c3ccc(C)cc3)c3ccc(C)cc3)c2)cc1. The van der Waals surface area contributed by atoms with Crippen LogP contribution in [0.3, 0.4) is 0 Å². The molecule has 0 saturated carbocycles. The van der Waals surface area contributed by atoms with Gasteiger partial charge in [-0.2, -0.15) is 0 Å². The van der Waals surface area contributed by atoms with E-state index in [0.717, 1.165) is 0 Å². The first-order valence-corrected chi connectivity index (χ1v) is 19.4. The minimum absolute atomic E-state index is 0.449. The third-order valence-electron chi connectivity index (χ3n) is 12.4. The smallest absolute Gasteiger partial charge is 0.0423 e. The monoisotopic (exact) mass is 702 g/mol. The summed E-state index contributed by atoms with van der Waals surface area (Å²) < 4.78 is 0. The van der Waals surface area contributed by atoms with E-state index in [1.807, 2.05) is 0 Å². The summed E-state index contributed by atoms with van der Waals surface area (Å²) in [6.45, 7) is 20.3. The maximum absolute atomic E-state index is 2.52. The molecule has 0 heterocycles. The number of benzene rings is 7. The third-order valence-corrected chi connectivity index (χ3v) is 12.4. The molecule has 0 aliphatic rings. The van der Waals surface area contributed by atoms with Crippen LogP contribution < -0.4 is 0 Å². The van der Waals surface area contributed by atoms with Crippen molar-refractivity contribution in [3.8, 4) is 0 Å². The highest BCUT2D eigenvalue weighted by molar-refractivity contribution is 5.61. The van der Waals surface area contributed by atoms with Gasteiger partial charge in [-0.05, 0) is 112 Å². The van der Waals surface area contributed by atoms with Crippen LogP contribution in [0.4, 0.5) is 0 Å². The van der Waals surface area contributed by atoms with E-state index >= 15 is 0 Å². The fraction of sp³-hybridized carbons (Fsp3) is 0.222. The van der Waals surface area contributed by atoms with Crippen LogP contribution in [-0.2, 0) is 16.2 Å². The van der Waals surface area contributed by atoms with E-state index in [-0.39, 0.29) is 0 Å². The summed E-state index contributed by atoms with van der Waals surface area (Å²) in [7, 11) is 0. The van der Waals surface area contributed by atoms with Gasteiger partial charge in [0.05, 0.1) is 0 Å². The first-order chi connectivity index (χ1) is 25.8. The first-order valence-electron chi connectivity index (χ1n) is 19.4. The molecule has 0 saturated heterocycles. The van der Waals surface area contributed by atoms with E-state index in [0.29, 0.717) is 0 Å². The van der Waals surface area contributed by atoms with Crippen molar-refractivity contribution in [2.75, 3.05) is 0 Å². The highest BCUT2D eigenvalue weighted by Crippen LogP contribution is 2.48. The molecule has 0 nitrogen and oxygen atoms in total. The zero-order valence-electron chi connectivity index (χ0n) is 33.6. The molecule has 0 aliphatic heterocycles. The second-order valence-electron chi connectivity index (χ2n) is 16.4. The van der Waals surface area contributed by atoms with Crippen molar-refractivity contribution in [1.82, 2.24) is 0 Å².